The number of nitrogens with one attached hydrogen (secondary N) is 1. The van der Waals surface area contributed by atoms with Crippen molar-refractivity contribution in [3.63, 3.8) is 0 Å². The van der Waals surface area contributed by atoms with Crippen LogP contribution in [0.3, 0.4) is 0 Å². The molecule has 12 nitrogen and oxygen atoms in total. The molecule has 284 valence electrons. The Kier molecular flexibility index (Phi) is 11.1. The maximum atomic E-state index is 13.9. The number of Topliss-reactive ketones (excluding diaryl/α,β-unsaturated/α-hetero) is 1. The van der Waals surface area contributed by atoms with Gasteiger partial charge in [0.25, 0.3) is 0 Å². The predicted molar refractivity (Wildman–Crippen MR) is 210 cm³/mol. The van der Waals surface area contributed by atoms with Crippen LogP contribution in [-0.4, -0.2) is 77.4 Å². The summed E-state index contributed by atoms with van der Waals surface area (Å²) in [4.78, 5) is 39.4. The SMILES string of the molecule is C[C@H]1[C@H](CC(=O)/C(=N\OCCOc2ccc3c(c2)CCN(C)C3)c2csc(NC(c3ccccc3)(c3ccccc3)c3ccccc3)n2)C(=O)N1S(=O)(=O)O. The van der Waals surface area contributed by atoms with Gasteiger partial charge >= 0.3 is 10.3 Å². The molecule has 2 aliphatic heterocycles. The molecule has 1 saturated heterocycles. The van der Waals surface area contributed by atoms with Crippen molar-refractivity contribution in [1.82, 2.24) is 14.2 Å². The molecule has 0 bridgehead atoms. The van der Waals surface area contributed by atoms with E-state index in [0.717, 1.165) is 36.2 Å². The van der Waals surface area contributed by atoms with E-state index in [0.29, 0.717) is 15.2 Å². The van der Waals surface area contributed by atoms with E-state index in [1.54, 1.807) is 5.38 Å². The van der Waals surface area contributed by atoms with Crippen molar-refractivity contribution in [2.75, 3.05) is 32.1 Å². The summed E-state index contributed by atoms with van der Waals surface area (Å²) < 4.78 is 39.3. The van der Waals surface area contributed by atoms with E-state index in [-0.39, 0.29) is 31.0 Å². The Morgan fingerprint density at radius 2 is 1.56 bits per heavy atom. The third kappa shape index (κ3) is 8.03. The Balaban J connectivity index is 1.16. The minimum Gasteiger partial charge on any atom is -0.490 e. The quantitative estimate of drug-likeness (QED) is 0.0326. The topological polar surface area (TPSA) is 151 Å². The third-order valence-corrected chi connectivity index (χ3v) is 11.8. The summed E-state index contributed by atoms with van der Waals surface area (Å²) in [5, 5.41) is 10.1. The van der Waals surface area contributed by atoms with Crippen molar-refractivity contribution in [3.05, 3.63) is 148 Å². The number of oxime groups is 1. The van der Waals surface area contributed by atoms with E-state index >= 15 is 0 Å². The summed E-state index contributed by atoms with van der Waals surface area (Å²) in [5.74, 6) is -1.71. The van der Waals surface area contributed by atoms with Crippen molar-refractivity contribution >= 4 is 44.2 Å². The first-order valence-electron chi connectivity index (χ1n) is 17.9. The summed E-state index contributed by atoms with van der Waals surface area (Å²) in [6, 6.07) is 35.1. The molecule has 7 rings (SSSR count). The fourth-order valence-corrected chi connectivity index (χ4v) is 8.90. The zero-order valence-corrected chi connectivity index (χ0v) is 32.0. The highest BCUT2D eigenvalue weighted by Gasteiger charge is 2.51. The van der Waals surface area contributed by atoms with Crippen LogP contribution in [0.1, 0.15) is 46.9 Å². The molecule has 1 aromatic heterocycles. The standard InChI is InChI=1S/C41H41N5O7S2/c1-28-35(39(48)46(28)55(49,50)51)25-37(47)38(44-53-23-22-52-34-19-18-30-26-45(2)21-20-29(30)24-34)36-27-54-40(42-36)43-41(31-12-6-3-7-13-31,32-14-8-4-9-15-32)33-16-10-5-11-17-33/h3-19,24,27-28,35H,20-23,25-26H2,1-2H3,(H,42,43)(H,49,50,51)/b44-38-/t28-,35-/m0/s1. The highest BCUT2D eigenvalue weighted by molar-refractivity contribution is 7.84. The van der Waals surface area contributed by atoms with Gasteiger partial charge in [-0.15, -0.1) is 11.3 Å². The molecule has 2 N–H and O–H groups in total. The molecule has 55 heavy (non-hydrogen) atoms. The molecule has 3 heterocycles. The number of hydrogen-bond acceptors (Lipinski definition) is 11. The monoisotopic (exact) mass is 779 g/mol. The Bertz CT molecular complexity index is 2190. The molecule has 0 unspecified atom stereocenters. The number of nitrogens with zero attached hydrogens (tertiary/aromatic N) is 4. The number of ketones is 1. The zero-order valence-electron chi connectivity index (χ0n) is 30.4. The van der Waals surface area contributed by atoms with E-state index in [1.807, 2.05) is 103 Å². The second kappa shape index (κ2) is 16.1. The molecule has 0 saturated carbocycles. The number of carbonyl (C=O) groups excluding carboxylic acids is 2. The maximum absolute atomic E-state index is 13.9. The summed E-state index contributed by atoms with van der Waals surface area (Å²) in [6.07, 6.45) is 0.574. The molecule has 4 aromatic carbocycles. The Hall–Kier alpha value is -5.41. The van der Waals surface area contributed by atoms with E-state index in [2.05, 4.69) is 28.5 Å². The van der Waals surface area contributed by atoms with Crippen LogP contribution in [0.15, 0.2) is 120 Å². The molecule has 1 amide bonds. The lowest BCUT2D eigenvalue weighted by atomic mass is 9.77. The number of benzene rings is 4. The van der Waals surface area contributed by atoms with Gasteiger partial charge in [0.15, 0.2) is 23.2 Å². The smallest absolute Gasteiger partial charge is 0.362 e. The van der Waals surface area contributed by atoms with E-state index in [1.165, 1.54) is 29.4 Å². The molecule has 2 aliphatic rings. The van der Waals surface area contributed by atoms with Gasteiger partial charge in [-0.3, -0.25) is 14.1 Å². The van der Waals surface area contributed by atoms with E-state index in [4.69, 9.17) is 14.6 Å². The van der Waals surface area contributed by atoms with E-state index in [9.17, 15) is 22.6 Å². The molecule has 1 fully saturated rings. The number of ether oxygens (including phenoxy) is 1. The number of thiazole rings is 1. The van der Waals surface area contributed by atoms with Gasteiger partial charge in [0.1, 0.15) is 23.6 Å². The van der Waals surface area contributed by atoms with Crippen LogP contribution in [0.2, 0.25) is 0 Å². The molecule has 0 aliphatic carbocycles. The second-order valence-electron chi connectivity index (χ2n) is 13.6. The van der Waals surface area contributed by atoms with Crippen molar-refractivity contribution in [2.24, 2.45) is 11.1 Å². The predicted octanol–water partition coefficient (Wildman–Crippen LogP) is 5.94. The minimum absolute atomic E-state index is 0.0142. The van der Waals surface area contributed by atoms with Gasteiger partial charge < -0.3 is 19.8 Å². The molecular weight excluding hydrogens is 739 g/mol. The minimum atomic E-state index is -4.76. The summed E-state index contributed by atoms with van der Waals surface area (Å²) in [5.41, 5.74) is 4.62. The Morgan fingerprint density at radius 3 is 2.15 bits per heavy atom. The summed E-state index contributed by atoms with van der Waals surface area (Å²) in [7, 11) is -2.66. The number of likely N-dealkylation sites (N-methyl/N-ethyl adjacent to an activating group) is 1. The average molecular weight is 780 g/mol. The second-order valence-corrected chi connectivity index (χ2v) is 15.8. The van der Waals surface area contributed by atoms with Crippen LogP contribution in [-0.2, 0) is 43.2 Å². The average Bonchev–Trinajstić information content (AvgIpc) is 3.65. The fourth-order valence-electron chi connectivity index (χ4n) is 7.22. The maximum Gasteiger partial charge on any atom is 0.362 e. The third-order valence-electron chi connectivity index (χ3n) is 10.0. The summed E-state index contributed by atoms with van der Waals surface area (Å²) >= 11 is 1.28. The van der Waals surface area contributed by atoms with Gasteiger partial charge in [0.05, 0.1) is 12.0 Å². The van der Waals surface area contributed by atoms with Crippen molar-refractivity contribution in [2.45, 2.75) is 37.9 Å². The molecule has 14 heteroatoms. The fraction of sp³-hybridized carbons (Fsp3) is 0.268. The number of anilines is 1. The molecule has 0 radical (unpaired) electrons. The van der Waals surface area contributed by atoms with Crippen LogP contribution >= 0.6 is 11.3 Å². The van der Waals surface area contributed by atoms with Crippen LogP contribution in [0.5, 0.6) is 5.75 Å². The molecular formula is C41H41N5O7S2. The normalized spacial score (nSPS) is 17.6. The van der Waals surface area contributed by atoms with E-state index < -0.39 is 39.5 Å². The molecule has 5 aromatic rings. The van der Waals surface area contributed by atoms with Crippen molar-refractivity contribution in [1.29, 1.82) is 0 Å². The van der Waals surface area contributed by atoms with Gasteiger partial charge in [0, 0.05) is 24.9 Å². The van der Waals surface area contributed by atoms with Crippen LogP contribution < -0.4 is 10.1 Å². The van der Waals surface area contributed by atoms with Crippen LogP contribution in [0.4, 0.5) is 5.13 Å². The van der Waals surface area contributed by atoms with Crippen LogP contribution in [0, 0.1) is 5.92 Å². The Labute approximate surface area is 324 Å². The zero-order chi connectivity index (χ0) is 38.6. The van der Waals surface area contributed by atoms with Crippen molar-refractivity contribution < 1.29 is 32.1 Å². The van der Waals surface area contributed by atoms with Gasteiger partial charge in [-0.2, -0.15) is 8.42 Å². The van der Waals surface area contributed by atoms with Gasteiger partial charge in [-0.1, -0.05) is 102 Å². The number of β-lactam (4-membered cyclic amide) rings is 1. The lowest BCUT2D eigenvalue weighted by Crippen LogP contribution is -2.62. The van der Waals surface area contributed by atoms with Gasteiger partial charge in [0.2, 0.25) is 5.91 Å². The van der Waals surface area contributed by atoms with Crippen molar-refractivity contribution in [3.8, 4) is 5.75 Å². The summed E-state index contributed by atoms with van der Waals surface area (Å²) in [6.45, 7) is 3.49. The van der Waals surface area contributed by atoms with Gasteiger partial charge in [-0.05, 0) is 60.3 Å². The Morgan fingerprint density at radius 1 is 0.945 bits per heavy atom. The first-order chi connectivity index (χ1) is 26.5. The highest BCUT2D eigenvalue weighted by Crippen LogP contribution is 2.41. The number of aromatic nitrogens is 1. The number of amides is 1. The first kappa shape index (κ1) is 37.9. The largest absolute Gasteiger partial charge is 0.490 e. The number of fused-ring (bicyclic) bond motifs is 1. The lowest BCUT2D eigenvalue weighted by molar-refractivity contribution is -0.147. The first-order valence-corrected chi connectivity index (χ1v) is 20.2. The molecule has 2 atom stereocenters. The van der Waals surface area contributed by atoms with Gasteiger partial charge in [-0.25, -0.2) is 9.29 Å². The molecule has 0 spiro atoms. The number of carbonyl (C=O) groups is 2. The van der Waals surface area contributed by atoms with Crippen LogP contribution in [0.25, 0.3) is 0 Å². The number of hydrogen-bond donors (Lipinski definition) is 2. The number of rotatable bonds is 15. The lowest BCUT2D eigenvalue weighted by Gasteiger charge is -2.41. The highest BCUT2D eigenvalue weighted by atomic mass is 32.2.